The molecule has 1 N–H and O–H groups in total. The van der Waals surface area contributed by atoms with Crippen LogP contribution in [0.25, 0.3) is 0 Å². The van der Waals surface area contributed by atoms with Gasteiger partial charge in [0.05, 0.1) is 6.54 Å². The van der Waals surface area contributed by atoms with Gasteiger partial charge in [-0.3, -0.25) is 9.69 Å². The van der Waals surface area contributed by atoms with E-state index in [2.05, 4.69) is 21.2 Å². The smallest absolute Gasteiger partial charge is 0.325 e. The lowest BCUT2D eigenvalue weighted by molar-refractivity contribution is -0.131. The second kappa shape index (κ2) is 7.09. The van der Waals surface area contributed by atoms with Crippen LogP contribution < -0.4 is 24.3 Å². The second-order valence-electron chi connectivity index (χ2n) is 7.39. The Morgan fingerprint density at radius 2 is 1.53 bits per heavy atom. The first kappa shape index (κ1) is 19.0. The molecule has 1 saturated heterocycles. The van der Waals surface area contributed by atoms with Gasteiger partial charge in [-0.1, -0.05) is 22.0 Å². The lowest BCUT2D eigenvalue weighted by atomic mass is 9.91. The Morgan fingerprint density at radius 3 is 2.23 bits per heavy atom. The van der Waals surface area contributed by atoms with Crippen LogP contribution in [-0.2, 0) is 16.9 Å². The molecule has 3 amide bonds. The van der Waals surface area contributed by atoms with Gasteiger partial charge in [0.2, 0.25) is 0 Å². The van der Waals surface area contributed by atoms with Crippen LogP contribution in [0.15, 0.2) is 34.8 Å². The number of rotatable bonds is 3. The average molecular weight is 475 g/mol. The first-order valence-electron chi connectivity index (χ1n) is 9.58. The molecule has 2 aromatic rings. The number of carbonyl (C=O) groups excluding carboxylic acids is 2. The van der Waals surface area contributed by atoms with E-state index < -0.39 is 11.6 Å². The zero-order valence-electron chi connectivity index (χ0n) is 16.2. The summed E-state index contributed by atoms with van der Waals surface area (Å²) >= 11 is 3.50. The molecule has 5 rings (SSSR count). The number of hydrogen-bond acceptors (Lipinski definition) is 6. The zero-order valence-corrected chi connectivity index (χ0v) is 17.8. The van der Waals surface area contributed by atoms with Crippen LogP contribution in [0.1, 0.15) is 18.1 Å². The molecule has 30 heavy (non-hydrogen) atoms. The van der Waals surface area contributed by atoms with Crippen molar-refractivity contribution in [1.82, 2.24) is 10.2 Å². The molecule has 0 saturated carbocycles. The molecule has 8 nitrogen and oxygen atoms in total. The molecule has 3 aliphatic rings. The van der Waals surface area contributed by atoms with E-state index in [0.717, 1.165) is 10.0 Å². The van der Waals surface area contributed by atoms with Crippen LogP contribution in [-0.4, -0.2) is 43.3 Å². The summed E-state index contributed by atoms with van der Waals surface area (Å²) in [6.45, 7) is 3.66. The van der Waals surface area contributed by atoms with Gasteiger partial charge >= 0.3 is 6.03 Å². The van der Waals surface area contributed by atoms with E-state index in [9.17, 15) is 9.59 Å². The van der Waals surface area contributed by atoms with Gasteiger partial charge in [-0.15, -0.1) is 0 Å². The highest BCUT2D eigenvalue weighted by Crippen LogP contribution is 2.39. The molecule has 9 heteroatoms. The fraction of sp³-hybridized carbons (Fsp3) is 0.333. The summed E-state index contributed by atoms with van der Waals surface area (Å²) in [6, 6.07) is 8.40. The maximum absolute atomic E-state index is 13.3. The standard InChI is InChI=1S/C21H19BrN2O6/c1-21(13-2-3-15-17(9-13)29-5-4-27-15)19(25)24(20(26)23-21)11-12-8-16-18(10-14(12)22)30-7-6-28-16/h2-3,8-10H,4-7,11H2,1H3,(H,23,26)/t21-/m0/s1. The molecule has 0 spiro atoms. The molecule has 156 valence electrons. The molecule has 3 heterocycles. The summed E-state index contributed by atoms with van der Waals surface area (Å²) in [7, 11) is 0. The summed E-state index contributed by atoms with van der Waals surface area (Å²) in [5, 5.41) is 2.83. The Bertz CT molecular complexity index is 1060. The van der Waals surface area contributed by atoms with Gasteiger partial charge in [0.25, 0.3) is 5.91 Å². The fourth-order valence-corrected chi connectivity index (χ4v) is 4.24. The first-order chi connectivity index (χ1) is 14.5. The number of amides is 3. The normalized spacial score (nSPS) is 22.1. The minimum Gasteiger partial charge on any atom is -0.486 e. The van der Waals surface area contributed by atoms with Crippen molar-refractivity contribution in [3.63, 3.8) is 0 Å². The largest absolute Gasteiger partial charge is 0.486 e. The Hall–Kier alpha value is -2.94. The molecular weight excluding hydrogens is 456 g/mol. The van der Waals surface area contributed by atoms with Crippen molar-refractivity contribution in [1.29, 1.82) is 0 Å². The van der Waals surface area contributed by atoms with Gasteiger partial charge in [-0.25, -0.2) is 4.79 Å². The van der Waals surface area contributed by atoms with Gasteiger partial charge in [0.15, 0.2) is 23.0 Å². The molecule has 0 bridgehead atoms. The third-order valence-electron chi connectivity index (χ3n) is 5.43. The number of nitrogens with one attached hydrogen (secondary N) is 1. The lowest BCUT2D eigenvalue weighted by Gasteiger charge is -2.25. The minimum absolute atomic E-state index is 0.0992. The maximum Gasteiger partial charge on any atom is 0.325 e. The first-order valence-corrected chi connectivity index (χ1v) is 10.4. The van der Waals surface area contributed by atoms with E-state index >= 15 is 0 Å². The number of halogens is 1. The SMILES string of the molecule is C[C@@]1(c2ccc3c(c2)OCCO3)NC(=O)N(Cc2cc3c(cc2Br)OCCO3)C1=O. The Labute approximate surface area is 181 Å². The van der Waals surface area contributed by atoms with Crippen LogP contribution in [0.4, 0.5) is 4.79 Å². The van der Waals surface area contributed by atoms with Gasteiger partial charge in [-0.05, 0) is 42.3 Å². The molecule has 1 fully saturated rings. The molecule has 2 aromatic carbocycles. The molecule has 3 aliphatic heterocycles. The van der Waals surface area contributed by atoms with Crippen LogP contribution in [0, 0.1) is 0 Å². The van der Waals surface area contributed by atoms with Gasteiger partial charge in [0, 0.05) is 4.47 Å². The third-order valence-corrected chi connectivity index (χ3v) is 6.17. The lowest BCUT2D eigenvalue weighted by Crippen LogP contribution is -2.41. The van der Waals surface area contributed by atoms with Crippen molar-refractivity contribution in [2.24, 2.45) is 0 Å². The monoisotopic (exact) mass is 474 g/mol. The fourth-order valence-electron chi connectivity index (χ4n) is 3.79. The average Bonchev–Trinajstić information content (AvgIpc) is 2.97. The number of hydrogen-bond donors (Lipinski definition) is 1. The van der Waals surface area contributed by atoms with Gasteiger partial charge in [0.1, 0.15) is 32.0 Å². The van der Waals surface area contributed by atoms with E-state index in [1.807, 2.05) is 0 Å². The van der Waals surface area contributed by atoms with Crippen LogP contribution in [0.5, 0.6) is 23.0 Å². The molecular formula is C21H19BrN2O6. The zero-order chi connectivity index (χ0) is 20.9. The summed E-state index contributed by atoms with van der Waals surface area (Å²) in [5.41, 5.74) is 0.177. The number of carbonyl (C=O) groups is 2. The van der Waals surface area contributed by atoms with Crippen molar-refractivity contribution < 1.29 is 28.5 Å². The predicted octanol–water partition coefficient (Wildman–Crippen LogP) is 2.96. The maximum atomic E-state index is 13.3. The summed E-state index contributed by atoms with van der Waals surface area (Å²) in [5.74, 6) is 2.08. The summed E-state index contributed by atoms with van der Waals surface area (Å²) in [6.07, 6.45) is 0. The van der Waals surface area contributed by atoms with Crippen LogP contribution in [0.3, 0.4) is 0 Å². The number of ether oxygens (including phenoxy) is 4. The van der Waals surface area contributed by atoms with E-state index in [0.29, 0.717) is 55.0 Å². The highest BCUT2D eigenvalue weighted by atomic mass is 79.9. The quantitative estimate of drug-likeness (QED) is 0.688. The predicted molar refractivity (Wildman–Crippen MR) is 109 cm³/mol. The highest BCUT2D eigenvalue weighted by Gasteiger charge is 2.49. The number of nitrogens with zero attached hydrogens (tertiary/aromatic N) is 1. The highest BCUT2D eigenvalue weighted by molar-refractivity contribution is 9.10. The topological polar surface area (TPSA) is 86.3 Å². The summed E-state index contributed by atoms with van der Waals surface area (Å²) in [4.78, 5) is 27.2. The number of urea groups is 1. The molecule has 0 aliphatic carbocycles. The Morgan fingerprint density at radius 1 is 0.933 bits per heavy atom. The van der Waals surface area contributed by atoms with Crippen LogP contribution >= 0.6 is 15.9 Å². The number of fused-ring (bicyclic) bond motifs is 2. The van der Waals surface area contributed by atoms with E-state index in [1.165, 1.54) is 4.90 Å². The molecule has 0 unspecified atom stereocenters. The third kappa shape index (κ3) is 3.04. The van der Waals surface area contributed by atoms with E-state index in [1.54, 1.807) is 37.3 Å². The van der Waals surface area contributed by atoms with Gasteiger partial charge < -0.3 is 24.3 Å². The van der Waals surface area contributed by atoms with E-state index in [-0.39, 0.29) is 12.5 Å². The molecule has 0 radical (unpaired) electrons. The van der Waals surface area contributed by atoms with Crippen molar-refractivity contribution in [3.05, 3.63) is 45.9 Å². The molecule has 1 atom stereocenters. The Kier molecular flexibility index (Phi) is 4.50. The second-order valence-corrected chi connectivity index (χ2v) is 8.25. The number of imide groups is 1. The van der Waals surface area contributed by atoms with Gasteiger partial charge in [-0.2, -0.15) is 0 Å². The molecule has 0 aromatic heterocycles. The minimum atomic E-state index is -1.20. The Balaban J connectivity index is 1.43. The number of benzene rings is 2. The van der Waals surface area contributed by atoms with Crippen molar-refractivity contribution in [2.75, 3.05) is 26.4 Å². The van der Waals surface area contributed by atoms with Crippen molar-refractivity contribution >= 4 is 27.9 Å². The van der Waals surface area contributed by atoms with E-state index in [4.69, 9.17) is 18.9 Å². The summed E-state index contributed by atoms with van der Waals surface area (Å²) < 4.78 is 23.1. The van der Waals surface area contributed by atoms with Crippen molar-refractivity contribution in [3.8, 4) is 23.0 Å². The van der Waals surface area contributed by atoms with Crippen LogP contribution in [0.2, 0.25) is 0 Å². The van der Waals surface area contributed by atoms with Crippen molar-refractivity contribution in [2.45, 2.75) is 19.0 Å².